The Morgan fingerprint density at radius 2 is 1.83 bits per heavy atom. The first-order chi connectivity index (χ1) is 14.2. The number of para-hydroxylation sites is 3. The number of anilines is 1. The number of H-pyrrole nitrogens is 1. The zero-order valence-electron chi connectivity index (χ0n) is 16.1. The summed E-state index contributed by atoms with van der Waals surface area (Å²) < 4.78 is 5.44. The molecular weight excluding hydrogens is 388 g/mol. The third-order valence-corrected chi connectivity index (χ3v) is 5.84. The summed E-state index contributed by atoms with van der Waals surface area (Å²) >= 11 is 1.26. The number of fused-ring (bicyclic) bond motifs is 1. The highest BCUT2D eigenvalue weighted by Gasteiger charge is 2.23. The fourth-order valence-electron chi connectivity index (χ4n) is 3.44. The van der Waals surface area contributed by atoms with Gasteiger partial charge in [-0.3, -0.25) is 9.59 Å². The number of ether oxygens (including phenoxy) is 1. The van der Waals surface area contributed by atoms with E-state index in [0.29, 0.717) is 29.1 Å². The molecule has 1 fully saturated rings. The summed E-state index contributed by atoms with van der Waals surface area (Å²) in [5.74, 6) is 1.13. The SMILES string of the molecule is COc1ccccc1N1CCN(C(=O)CSc2nc3ccccc3c(=O)[nH]2)CC1. The van der Waals surface area contributed by atoms with Crippen LogP contribution >= 0.6 is 11.8 Å². The Hall–Kier alpha value is -3.00. The number of carbonyl (C=O) groups is 1. The van der Waals surface area contributed by atoms with Gasteiger partial charge in [-0.25, -0.2) is 4.98 Å². The molecule has 0 bridgehead atoms. The van der Waals surface area contributed by atoms with Crippen LogP contribution in [0.2, 0.25) is 0 Å². The lowest BCUT2D eigenvalue weighted by molar-refractivity contribution is -0.128. The number of hydrogen-bond donors (Lipinski definition) is 1. The van der Waals surface area contributed by atoms with Gasteiger partial charge in [0.2, 0.25) is 5.91 Å². The van der Waals surface area contributed by atoms with Gasteiger partial charge in [0.25, 0.3) is 5.56 Å². The quantitative estimate of drug-likeness (QED) is 0.514. The van der Waals surface area contributed by atoms with E-state index in [4.69, 9.17) is 4.74 Å². The molecule has 0 unspecified atom stereocenters. The Bertz CT molecular complexity index is 1080. The van der Waals surface area contributed by atoms with E-state index in [9.17, 15) is 9.59 Å². The maximum Gasteiger partial charge on any atom is 0.259 e. The maximum atomic E-state index is 12.6. The molecule has 8 heteroatoms. The van der Waals surface area contributed by atoms with Crippen LogP contribution in [0.4, 0.5) is 5.69 Å². The average molecular weight is 410 g/mol. The van der Waals surface area contributed by atoms with E-state index in [2.05, 4.69) is 14.9 Å². The summed E-state index contributed by atoms with van der Waals surface area (Å²) in [7, 11) is 1.67. The van der Waals surface area contributed by atoms with Crippen molar-refractivity contribution in [3.63, 3.8) is 0 Å². The molecule has 150 valence electrons. The predicted octanol–water partition coefficient (Wildman–Crippen LogP) is 2.37. The fourth-order valence-corrected chi connectivity index (χ4v) is 4.21. The summed E-state index contributed by atoms with van der Waals surface area (Å²) in [6.45, 7) is 2.81. The first-order valence-electron chi connectivity index (χ1n) is 9.43. The summed E-state index contributed by atoms with van der Waals surface area (Å²) in [5, 5.41) is 1.02. The molecule has 1 saturated heterocycles. The molecule has 0 atom stereocenters. The fraction of sp³-hybridized carbons (Fsp3) is 0.286. The first-order valence-corrected chi connectivity index (χ1v) is 10.4. The van der Waals surface area contributed by atoms with Crippen molar-refractivity contribution in [3.05, 3.63) is 58.9 Å². The molecule has 3 aromatic rings. The van der Waals surface area contributed by atoms with Gasteiger partial charge in [-0.15, -0.1) is 0 Å². The van der Waals surface area contributed by atoms with Gasteiger partial charge in [0, 0.05) is 26.2 Å². The van der Waals surface area contributed by atoms with Gasteiger partial charge >= 0.3 is 0 Å². The van der Waals surface area contributed by atoms with E-state index in [-0.39, 0.29) is 17.2 Å². The monoisotopic (exact) mass is 410 g/mol. The van der Waals surface area contributed by atoms with Crippen LogP contribution in [0.3, 0.4) is 0 Å². The topological polar surface area (TPSA) is 78.5 Å². The highest BCUT2D eigenvalue weighted by molar-refractivity contribution is 7.99. The Labute approximate surface area is 172 Å². The molecule has 1 aromatic heterocycles. The van der Waals surface area contributed by atoms with Crippen molar-refractivity contribution in [1.82, 2.24) is 14.9 Å². The molecule has 2 aromatic carbocycles. The molecule has 0 saturated carbocycles. The maximum absolute atomic E-state index is 12.6. The third-order valence-electron chi connectivity index (χ3n) is 4.98. The molecule has 7 nitrogen and oxygen atoms in total. The number of carbonyl (C=O) groups excluding carboxylic acids is 1. The predicted molar refractivity (Wildman–Crippen MR) is 115 cm³/mol. The molecule has 0 radical (unpaired) electrons. The minimum absolute atomic E-state index is 0.0467. The smallest absolute Gasteiger partial charge is 0.259 e. The van der Waals surface area contributed by atoms with Crippen LogP contribution in [0.5, 0.6) is 5.75 Å². The van der Waals surface area contributed by atoms with Gasteiger partial charge in [0.15, 0.2) is 5.16 Å². The molecule has 1 aliphatic heterocycles. The second-order valence-corrected chi connectivity index (χ2v) is 7.68. The van der Waals surface area contributed by atoms with Gasteiger partial charge in [-0.2, -0.15) is 0 Å². The van der Waals surface area contributed by atoms with Gasteiger partial charge in [-0.1, -0.05) is 36.0 Å². The largest absolute Gasteiger partial charge is 0.495 e. The standard InChI is InChI=1S/C21H22N4O3S/c1-28-18-9-5-4-8-17(18)24-10-12-25(13-11-24)19(26)14-29-21-22-16-7-3-2-6-15(16)20(27)23-21/h2-9H,10-14H2,1H3,(H,22,23,27). The summed E-state index contributed by atoms with van der Waals surface area (Å²) in [6, 6.07) is 15.1. The number of aromatic nitrogens is 2. The number of methoxy groups -OCH3 is 1. The van der Waals surface area contributed by atoms with E-state index < -0.39 is 0 Å². The Morgan fingerprint density at radius 3 is 2.62 bits per heavy atom. The second-order valence-electron chi connectivity index (χ2n) is 6.72. The number of amides is 1. The lowest BCUT2D eigenvalue weighted by Crippen LogP contribution is -2.49. The molecule has 4 rings (SSSR count). The molecule has 1 amide bonds. The first kappa shape index (κ1) is 19.3. The molecule has 0 aliphatic carbocycles. The molecule has 29 heavy (non-hydrogen) atoms. The third kappa shape index (κ3) is 4.22. The average Bonchev–Trinajstić information content (AvgIpc) is 2.77. The van der Waals surface area contributed by atoms with Crippen LogP contribution in [0.15, 0.2) is 58.5 Å². The van der Waals surface area contributed by atoms with Crippen LogP contribution in [-0.2, 0) is 4.79 Å². The summed E-state index contributed by atoms with van der Waals surface area (Å²) in [4.78, 5) is 36.1. The van der Waals surface area contributed by atoms with E-state index in [1.54, 1.807) is 25.3 Å². The number of nitrogens with zero attached hydrogens (tertiary/aromatic N) is 3. The van der Waals surface area contributed by atoms with Crippen LogP contribution in [-0.4, -0.2) is 59.8 Å². The zero-order chi connectivity index (χ0) is 20.2. The van der Waals surface area contributed by atoms with Gasteiger partial charge in [0.1, 0.15) is 5.75 Å². The number of rotatable bonds is 5. The minimum atomic E-state index is -0.184. The van der Waals surface area contributed by atoms with Crippen molar-refractivity contribution in [2.45, 2.75) is 5.16 Å². The van der Waals surface area contributed by atoms with E-state index in [0.717, 1.165) is 24.5 Å². The van der Waals surface area contributed by atoms with E-state index >= 15 is 0 Å². The molecular formula is C21H22N4O3S. The van der Waals surface area contributed by atoms with Crippen molar-refractivity contribution >= 4 is 34.3 Å². The van der Waals surface area contributed by atoms with Crippen molar-refractivity contribution in [2.24, 2.45) is 0 Å². The zero-order valence-corrected chi connectivity index (χ0v) is 16.9. The van der Waals surface area contributed by atoms with E-state index in [1.807, 2.05) is 35.2 Å². The van der Waals surface area contributed by atoms with Crippen molar-refractivity contribution in [1.29, 1.82) is 0 Å². The highest BCUT2D eigenvalue weighted by Crippen LogP contribution is 2.28. The van der Waals surface area contributed by atoms with Crippen molar-refractivity contribution in [3.8, 4) is 5.75 Å². The van der Waals surface area contributed by atoms with Crippen LogP contribution < -0.4 is 15.2 Å². The second kappa shape index (κ2) is 8.57. The number of hydrogen-bond acceptors (Lipinski definition) is 6. The highest BCUT2D eigenvalue weighted by atomic mass is 32.2. The van der Waals surface area contributed by atoms with Crippen LogP contribution in [0.25, 0.3) is 10.9 Å². The van der Waals surface area contributed by atoms with Gasteiger partial charge in [0.05, 0.1) is 29.5 Å². The summed E-state index contributed by atoms with van der Waals surface area (Å²) in [5.41, 5.74) is 1.50. The van der Waals surface area contributed by atoms with Gasteiger partial charge in [-0.05, 0) is 24.3 Å². The number of thioether (sulfide) groups is 1. The van der Waals surface area contributed by atoms with Crippen molar-refractivity contribution in [2.75, 3.05) is 43.9 Å². The van der Waals surface area contributed by atoms with E-state index in [1.165, 1.54) is 11.8 Å². The molecule has 1 N–H and O–H groups in total. The lowest BCUT2D eigenvalue weighted by atomic mass is 10.2. The van der Waals surface area contributed by atoms with Crippen LogP contribution in [0, 0.1) is 0 Å². The Balaban J connectivity index is 1.35. The van der Waals surface area contributed by atoms with Gasteiger partial charge < -0.3 is 19.5 Å². The molecule has 0 spiro atoms. The number of nitrogens with one attached hydrogen (secondary N) is 1. The number of aromatic amines is 1. The number of piperazine rings is 1. The normalized spacial score (nSPS) is 14.2. The molecule has 1 aliphatic rings. The molecule has 2 heterocycles. The minimum Gasteiger partial charge on any atom is -0.495 e. The Kier molecular flexibility index (Phi) is 5.71. The van der Waals surface area contributed by atoms with Crippen molar-refractivity contribution < 1.29 is 9.53 Å². The Morgan fingerprint density at radius 1 is 1.10 bits per heavy atom. The number of benzene rings is 2. The summed E-state index contributed by atoms with van der Waals surface area (Å²) in [6.07, 6.45) is 0. The lowest BCUT2D eigenvalue weighted by Gasteiger charge is -2.36. The van der Waals surface area contributed by atoms with Crippen LogP contribution in [0.1, 0.15) is 0 Å².